The Balaban J connectivity index is 2.61. The summed E-state index contributed by atoms with van der Waals surface area (Å²) in [6, 6.07) is 4.67. The molecule has 0 bridgehead atoms. The molecule has 2 N–H and O–H groups in total. The molecule has 0 aromatic heterocycles. The van der Waals surface area contributed by atoms with Gasteiger partial charge in [-0.3, -0.25) is 4.79 Å². The third-order valence-corrected chi connectivity index (χ3v) is 3.51. The molecule has 0 aliphatic carbocycles. The highest BCUT2D eigenvalue weighted by Crippen LogP contribution is 2.21. The summed E-state index contributed by atoms with van der Waals surface area (Å²) in [5.41, 5.74) is 5.95. The van der Waals surface area contributed by atoms with Crippen molar-refractivity contribution >= 4 is 33.6 Å². The third kappa shape index (κ3) is 4.22. The van der Waals surface area contributed by atoms with Gasteiger partial charge in [-0.25, -0.2) is 4.39 Å². The van der Waals surface area contributed by atoms with E-state index in [4.69, 9.17) is 5.73 Å². The topological polar surface area (TPSA) is 43.1 Å². The summed E-state index contributed by atoms with van der Waals surface area (Å²) in [7, 11) is 0. The van der Waals surface area contributed by atoms with Crippen molar-refractivity contribution in [2.45, 2.75) is 17.9 Å². The number of hydrogen-bond acceptors (Lipinski definition) is 2. The quantitative estimate of drug-likeness (QED) is 0.927. The van der Waals surface area contributed by atoms with E-state index in [2.05, 4.69) is 15.9 Å². The Hall–Kier alpha value is -0.550. The minimum Gasteiger partial charge on any atom is -0.369 e. The van der Waals surface area contributed by atoms with E-state index in [0.717, 1.165) is 5.56 Å². The molecule has 0 spiro atoms. The molecule has 82 valence electrons. The van der Waals surface area contributed by atoms with E-state index in [-0.39, 0.29) is 17.0 Å². The number of thioether (sulfide) groups is 1. The van der Waals surface area contributed by atoms with Crippen LogP contribution in [0, 0.1) is 5.82 Å². The van der Waals surface area contributed by atoms with Crippen LogP contribution in [0.5, 0.6) is 0 Å². The maximum atomic E-state index is 13.0. The fourth-order valence-electron chi connectivity index (χ4n) is 0.998. The number of amides is 1. The third-order valence-electron chi connectivity index (χ3n) is 1.82. The first-order chi connectivity index (χ1) is 6.99. The van der Waals surface area contributed by atoms with Crippen LogP contribution in [-0.4, -0.2) is 11.2 Å². The Labute approximate surface area is 101 Å². The lowest BCUT2D eigenvalue weighted by molar-refractivity contribution is -0.117. The maximum absolute atomic E-state index is 13.0. The molecule has 1 amide bonds. The van der Waals surface area contributed by atoms with Gasteiger partial charge in [0.2, 0.25) is 5.91 Å². The van der Waals surface area contributed by atoms with E-state index in [0.29, 0.717) is 10.2 Å². The van der Waals surface area contributed by atoms with Crippen LogP contribution >= 0.6 is 27.7 Å². The van der Waals surface area contributed by atoms with Crippen LogP contribution in [0.4, 0.5) is 4.39 Å². The molecular formula is C10H11BrFNOS. The van der Waals surface area contributed by atoms with E-state index >= 15 is 0 Å². The molecule has 0 radical (unpaired) electrons. The van der Waals surface area contributed by atoms with Gasteiger partial charge < -0.3 is 5.73 Å². The normalized spacial score (nSPS) is 12.5. The zero-order valence-electron chi connectivity index (χ0n) is 8.17. The molecule has 0 aliphatic rings. The second-order valence-electron chi connectivity index (χ2n) is 3.13. The average molecular weight is 292 g/mol. The van der Waals surface area contributed by atoms with Crippen LogP contribution in [0.25, 0.3) is 0 Å². The summed E-state index contributed by atoms with van der Waals surface area (Å²) < 4.78 is 13.7. The minimum atomic E-state index is -0.351. The zero-order valence-corrected chi connectivity index (χ0v) is 10.6. The van der Waals surface area contributed by atoms with E-state index in [1.54, 1.807) is 6.92 Å². The van der Waals surface area contributed by atoms with Gasteiger partial charge in [0, 0.05) is 10.2 Å². The molecule has 1 aromatic rings. The van der Waals surface area contributed by atoms with Crippen molar-refractivity contribution in [2.75, 3.05) is 0 Å². The molecule has 2 nitrogen and oxygen atoms in total. The Kier molecular flexibility index (Phi) is 4.60. The van der Waals surface area contributed by atoms with Crippen molar-refractivity contribution in [1.29, 1.82) is 0 Å². The molecule has 0 aliphatic heterocycles. The Morgan fingerprint density at radius 2 is 2.27 bits per heavy atom. The largest absolute Gasteiger partial charge is 0.369 e. The van der Waals surface area contributed by atoms with E-state index in [1.165, 1.54) is 23.9 Å². The van der Waals surface area contributed by atoms with Crippen LogP contribution in [0.2, 0.25) is 0 Å². The summed E-state index contributed by atoms with van der Waals surface area (Å²) in [5, 5.41) is -0.257. The minimum absolute atomic E-state index is 0.257. The fraction of sp³-hybridized carbons (Fsp3) is 0.300. The molecule has 0 heterocycles. The summed E-state index contributed by atoms with van der Waals surface area (Å²) >= 11 is 4.60. The molecule has 0 unspecified atom stereocenters. The van der Waals surface area contributed by atoms with Gasteiger partial charge in [-0.2, -0.15) is 0 Å². The molecular weight excluding hydrogens is 281 g/mol. The van der Waals surface area contributed by atoms with Crippen molar-refractivity contribution in [1.82, 2.24) is 0 Å². The van der Waals surface area contributed by atoms with Crippen molar-refractivity contribution in [3.8, 4) is 0 Å². The molecule has 0 fully saturated rings. The lowest BCUT2D eigenvalue weighted by Crippen LogP contribution is -2.22. The van der Waals surface area contributed by atoms with Gasteiger partial charge in [0.05, 0.1) is 5.25 Å². The van der Waals surface area contributed by atoms with Gasteiger partial charge in [-0.15, -0.1) is 11.8 Å². The molecule has 0 saturated carbocycles. The van der Waals surface area contributed by atoms with Crippen LogP contribution < -0.4 is 5.73 Å². The van der Waals surface area contributed by atoms with E-state index < -0.39 is 0 Å². The van der Waals surface area contributed by atoms with Crippen molar-refractivity contribution < 1.29 is 9.18 Å². The predicted molar refractivity (Wildman–Crippen MR) is 64.1 cm³/mol. The Morgan fingerprint density at radius 3 is 2.80 bits per heavy atom. The second-order valence-corrected chi connectivity index (χ2v) is 5.38. The standard InChI is InChI=1S/C10H11BrFNOS/c1-6(10(13)14)15-5-7-2-8(11)4-9(12)3-7/h2-4,6H,5H2,1H3,(H2,13,14)/t6-/m0/s1. The summed E-state index contributed by atoms with van der Waals surface area (Å²) in [5.74, 6) is -0.0670. The molecule has 1 rings (SSSR count). The molecule has 0 saturated heterocycles. The van der Waals surface area contributed by atoms with Gasteiger partial charge in [-0.1, -0.05) is 15.9 Å². The number of rotatable bonds is 4. The van der Waals surface area contributed by atoms with Crippen molar-refractivity contribution in [2.24, 2.45) is 5.73 Å². The first kappa shape index (κ1) is 12.5. The smallest absolute Gasteiger partial charge is 0.230 e. The number of nitrogens with two attached hydrogens (primary N) is 1. The fourth-order valence-corrected chi connectivity index (χ4v) is 2.28. The van der Waals surface area contributed by atoms with Crippen LogP contribution in [0.3, 0.4) is 0 Å². The number of halogens is 2. The number of primary amides is 1. The van der Waals surface area contributed by atoms with Crippen LogP contribution in [-0.2, 0) is 10.5 Å². The molecule has 1 atom stereocenters. The van der Waals surface area contributed by atoms with Crippen molar-refractivity contribution in [3.63, 3.8) is 0 Å². The highest BCUT2D eigenvalue weighted by molar-refractivity contribution is 9.10. The highest BCUT2D eigenvalue weighted by Gasteiger charge is 2.09. The monoisotopic (exact) mass is 291 g/mol. The van der Waals surface area contributed by atoms with Crippen LogP contribution in [0.1, 0.15) is 12.5 Å². The van der Waals surface area contributed by atoms with E-state index in [1.807, 2.05) is 6.07 Å². The summed E-state index contributed by atoms with van der Waals surface area (Å²) in [6.45, 7) is 1.74. The van der Waals surface area contributed by atoms with Gasteiger partial charge in [-0.05, 0) is 30.7 Å². The lowest BCUT2D eigenvalue weighted by Gasteiger charge is -2.07. The van der Waals surface area contributed by atoms with Gasteiger partial charge in [0.1, 0.15) is 5.82 Å². The summed E-state index contributed by atoms with van der Waals surface area (Å²) in [4.78, 5) is 10.8. The number of hydrogen-bond donors (Lipinski definition) is 1. The van der Waals surface area contributed by atoms with Gasteiger partial charge in [0.25, 0.3) is 0 Å². The number of benzene rings is 1. The highest BCUT2D eigenvalue weighted by atomic mass is 79.9. The lowest BCUT2D eigenvalue weighted by atomic mass is 10.2. The zero-order chi connectivity index (χ0) is 11.4. The van der Waals surface area contributed by atoms with E-state index in [9.17, 15) is 9.18 Å². The average Bonchev–Trinajstić information content (AvgIpc) is 2.12. The molecule has 15 heavy (non-hydrogen) atoms. The van der Waals surface area contributed by atoms with Gasteiger partial charge in [0.15, 0.2) is 0 Å². The number of carbonyl (C=O) groups is 1. The van der Waals surface area contributed by atoms with Crippen molar-refractivity contribution in [3.05, 3.63) is 34.1 Å². The van der Waals surface area contributed by atoms with Gasteiger partial charge >= 0.3 is 0 Å². The number of carbonyl (C=O) groups excluding carboxylic acids is 1. The van der Waals surface area contributed by atoms with Crippen LogP contribution in [0.15, 0.2) is 22.7 Å². The maximum Gasteiger partial charge on any atom is 0.230 e. The Bertz CT molecular complexity index is 352. The first-order valence-electron chi connectivity index (χ1n) is 4.35. The summed E-state index contributed by atoms with van der Waals surface area (Å²) in [6.07, 6.45) is 0. The second kappa shape index (κ2) is 5.51. The molecule has 5 heteroatoms. The SMILES string of the molecule is C[C@H](SCc1cc(F)cc(Br)c1)C(N)=O. The predicted octanol–water partition coefficient (Wildman–Crippen LogP) is 2.70. The molecule has 1 aromatic carbocycles. The Morgan fingerprint density at radius 1 is 1.60 bits per heavy atom. The first-order valence-corrected chi connectivity index (χ1v) is 6.19.